The van der Waals surface area contributed by atoms with Crippen LogP contribution in [0.5, 0.6) is 0 Å². The SMILES string of the molecule is Cc1ccccc1Sc1ccnc2c(N)cccc12. The van der Waals surface area contributed by atoms with Crippen LogP contribution >= 0.6 is 11.8 Å². The Morgan fingerprint density at radius 2 is 1.79 bits per heavy atom. The highest BCUT2D eigenvalue weighted by Gasteiger charge is 2.07. The van der Waals surface area contributed by atoms with Gasteiger partial charge >= 0.3 is 0 Å². The molecule has 0 amide bonds. The molecule has 0 fully saturated rings. The Bertz CT molecular complexity index is 738. The summed E-state index contributed by atoms with van der Waals surface area (Å²) >= 11 is 1.76. The second-order valence-electron chi connectivity index (χ2n) is 4.42. The largest absolute Gasteiger partial charge is 0.397 e. The minimum atomic E-state index is 0.727. The number of fused-ring (bicyclic) bond motifs is 1. The summed E-state index contributed by atoms with van der Waals surface area (Å²) in [5.74, 6) is 0. The fraction of sp³-hybridized carbons (Fsp3) is 0.0625. The van der Waals surface area contributed by atoms with Crippen LogP contribution in [0.15, 0.2) is 64.5 Å². The number of anilines is 1. The van der Waals surface area contributed by atoms with Crippen molar-refractivity contribution in [3.63, 3.8) is 0 Å². The summed E-state index contributed by atoms with van der Waals surface area (Å²) < 4.78 is 0. The van der Waals surface area contributed by atoms with Crippen molar-refractivity contribution < 1.29 is 0 Å². The molecule has 3 aromatic rings. The standard InChI is InChI=1S/C16H14N2S/c1-11-5-2-3-8-14(11)19-15-9-10-18-16-12(15)6-4-7-13(16)17/h2-10H,17H2,1H3. The van der Waals surface area contributed by atoms with Gasteiger partial charge in [0.25, 0.3) is 0 Å². The summed E-state index contributed by atoms with van der Waals surface area (Å²) in [6, 6.07) is 16.4. The highest BCUT2D eigenvalue weighted by atomic mass is 32.2. The normalized spacial score (nSPS) is 10.8. The molecule has 2 N–H and O–H groups in total. The summed E-state index contributed by atoms with van der Waals surface area (Å²) in [6.07, 6.45) is 1.82. The maximum Gasteiger partial charge on any atom is 0.0942 e. The van der Waals surface area contributed by atoms with Gasteiger partial charge in [-0.15, -0.1) is 0 Å². The van der Waals surface area contributed by atoms with Gasteiger partial charge in [-0.1, -0.05) is 42.1 Å². The van der Waals surface area contributed by atoms with Crippen molar-refractivity contribution in [3.05, 3.63) is 60.3 Å². The zero-order chi connectivity index (χ0) is 13.2. The number of pyridine rings is 1. The van der Waals surface area contributed by atoms with Crippen LogP contribution in [0.1, 0.15) is 5.56 Å². The van der Waals surface area contributed by atoms with Crippen LogP contribution in [0, 0.1) is 6.92 Å². The van der Waals surface area contributed by atoms with Crippen LogP contribution < -0.4 is 5.73 Å². The number of rotatable bonds is 2. The number of hydrogen-bond acceptors (Lipinski definition) is 3. The predicted molar refractivity (Wildman–Crippen MR) is 81.5 cm³/mol. The molecule has 0 aliphatic heterocycles. The Hall–Kier alpha value is -2.00. The van der Waals surface area contributed by atoms with E-state index in [0.29, 0.717) is 0 Å². The lowest BCUT2D eigenvalue weighted by molar-refractivity contribution is 1.29. The second-order valence-corrected chi connectivity index (χ2v) is 5.50. The van der Waals surface area contributed by atoms with E-state index in [1.165, 1.54) is 15.4 Å². The molecule has 19 heavy (non-hydrogen) atoms. The summed E-state index contributed by atoms with van der Waals surface area (Å²) in [4.78, 5) is 6.82. The zero-order valence-electron chi connectivity index (χ0n) is 10.6. The lowest BCUT2D eigenvalue weighted by atomic mass is 10.2. The monoisotopic (exact) mass is 266 g/mol. The first-order chi connectivity index (χ1) is 9.25. The Balaban J connectivity index is 2.12. The summed E-state index contributed by atoms with van der Waals surface area (Å²) in [5, 5.41) is 1.11. The van der Waals surface area contributed by atoms with E-state index in [1.54, 1.807) is 11.8 Å². The van der Waals surface area contributed by atoms with Gasteiger partial charge in [-0.2, -0.15) is 0 Å². The quantitative estimate of drug-likeness (QED) is 0.704. The van der Waals surface area contributed by atoms with Crippen molar-refractivity contribution in [1.82, 2.24) is 4.98 Å². The van der Waals surface area contributed by atoms with Crippen LogP contribution in [0.25, 0.3) is 10.9 Å². The molecule has 3 heteroatoms. The lowest BCUT2D eigenvalue weighted by Gasteiger charge is -2.08. The minimum Gasteiger partial charge on any atom is -0.397 e. The number of aryl methyl sites for hydroxylation is 1. The van der Waals surface area contributed by atoms with Gasteiger partial charge < -0.3 is 5.73 Å². The van der Waals surface area contributed by atoms with E-state index in [4.69, 9.17) is 5.73 Å². The van der Waals surface area contributed by atoms with Crippen molar-refractivity contribution in [3.8, 4) is 0 Å². The van der Waals surface area contributed by atoms with Gasteiger partial charge in [-0.05, 0) is 30.7 Å². The molecule has 0 atom stereocenters. The van der Waals surface area contributed by atoms with Gasteiger partial charge in [-0.3, -0.25) is 4.98 Å². The van der Waals surface area contributed by atoms with Gasteiger partial charge in [0.15, 0.2) is 0 Å². The van der Waals surface area contributed by atoms with Crippen molar-refractivity contribution >= 4 is 28.4 Å². The molecule has 94 valence electrons. The van der Waals surface area contributed by atoms with Crippen molar-refractivity contribution in [2.75, 3.05) is 5.73 Å². The molecule has 0 saturated carbocycles. The number of nitrogens with two attached hydrogens (primary N) is 1. The third-order valence-corrected chi connectivity index (χ3v) is 4.33. The molecule has 2 aromatic carbocycles. The first kappa shape index (κ1) is 12.1. The Morgan fingerprint density at radius 1 is 0.947 bits per heavy atom. The first-order valence-corrected chi connectivity index (χ1v) is 6.94. The molecular formula is C16H14N2S. The lowest BCUT2D eigenvalue weighted by Crippen LogP contribution is -1.90. The summed E-state index contributed by atoms with van der Waals surface area (Å²) in [6.45, 7) is 2.13. The van der Waals surface area contributed by atoms with Crippen LogP contribution in [-0.2, 0) is 0 Å². The van der Waals surface area contributed by atoms with Crippen molar-refractivity contribution in [1.29, 1.82) is 0 Å². The topological polar surface area (TPSA) is 38.9 Å². The summed E-state index contributed by atoms with van der Waals surface area (Å²) in [7, 11) is 0. The van der Waals surface area contributed by atoms with E-state index in [1.807, 2.05) is 24.4 Å². The highest BCUT2D eigenvalue weighted by Crippen LogP contribution is 2.35. The number of hydrogen-bond donors (Lipinski definition) is 1. The minimum absolute atomic E-state index is 0.727. The van der Waals surface area contributed by atoms with Gasteiger partial charge in [0.2, 0.25) is 0 Å². The smallest absolute Gasteiger partial charge is 0.0942 e. The number of benzene rings is 2. The molecule has 0 radical (unpaired) electrons. The van der Waals surface area contributed by atoms with E-state index < -0.39 is 0 Å². The third kappa shape index (κ3) is 2.29. The molecule has 0 aliphatic carbocycles. The molecule has 1 aromatic heterocycles. The fourth-order valence-electron chi connectivity index (χ4n) is 2.05. The van der Waals surface area contributed by atoms with Crippen LogP contribution in [0.3, 0.4) is 0 Å². The number of aromatic nitrogens is 1. The van der Waals surface area contributed by atoms with E-state index in [0.717, 1.165) is 16.6 Å². The number of nitrogens with zero attached hydrogens (tertiary/aromatic N) is 1. The maximum atomic E-state index is 5.98. The average molecular weight is 266 g/mol. The van der Waals surface area contributed by atoms with Crippen molar-refractivity contribution in [2.24, 2.45) is 0 Å². The number of nitrogen functional groups attached to an aromatic ring is 1. The molecule has 1 heterocycles. The third-order valence-electron chi connectivity index (χ3n) is 3.08. The van der Waals surface area contributed by atoms with Crippen LogP contribution in [-0.4, -0.2) is 4.98 Å². The van der Waals surface area contributed by atoms with Gasteiger partial charge in [-0.25, -0.2) is 0 Å². The molecule has 2 nitrogen and oxygen atoms in total. The zero-order valence-corrected chi connectivity index (χ0v) is 11.4. The van der Waals surface area contributed by atoms with E-state index in [-0.39, 0.29) is 0 Å². The van der Waals surface area contributed by atoms with E-state index in [9.17, 15) is 0 Å². The van der Waals surface area contributed by atoms with Crippen LogP contribution in [0.4, 0.5) is 5.69 Å². The molecule has 0 spiro atoms. The van der Waals surface area contributed by atoms with E-state index >= 15 is 0 Å². The molecule has 0 bridgehead atoms. The molecular weight excluding hydrogens is 252 g/mol. The fourth-order valence-corrected chi connectivity index (χ4v) is 3.07. The Kier molecular flexibility index (Phi) is 3.13. The van der Waals surface area contributed by atoms with Gasteiger partial charge in [0, 0.05) is 21.4 Å². The van der Waals surface area contributed by atoms with Crippen molar-refractivity contribution in [2.45, 2.75) is 16.7 Å². The number of para-hydroxylation sites is 1. The molecule has 0 saturated heterocycles. The maximum absolute atomic E-state index is 5.98. The Labute approximate surface area is 116 Å². The Morgan fingerprint density at radius 3 is 2.63 bits per heavy atom. The van der Waals surface area contributed by atoms with Gasteiger partial charge in [0.1, 0.15) is 0 Å². The first-order valence-electron chi connectivity index (χ1n) is 6.12. The average Bonchev–Trinajstić information content (AvgIpc) is 2.42. The van der Waals surface area contributed by atoms with Gasteiger partial charge in [0.05, 0.1) is 11.2 Å². The van der Waals surface area contributed by atoms with E-state index in [2.05, 4.69) is 42.2 Å². The predicted octanol–water partition coefficient (Wildman–Crippen LogP) is 4.28. The van der Waals surface area contributed by atoms with Crippen LogP contribution in [0.2, 0.25) is 0 Å². The summed E-state index contributed by atoms with van der Waals surface area (Å²) in [5.41, 5.74) is 8.86. The highest BCUT2D eigenvalue weighted by molar-refractivity contribution is 7.99. The molecule has 3 rings (SSSR count). The molecule has 0 unspecified atom stereocenters. The molecule has 0 aliphatic rings. The second kappa shape index (κ2) is 4.94.